The van der Waals surface area contributed by atoms with Crippen molar-refractivity contribution in [3.63, 3.8) is 0 Å². The third-order valence-electron chi connectivity index (χ3n) is 2.26. The third kappa shape index (κ3) is 1.27. The molecule has 0 N–H and O–H groups in total. The lowest BCUT2D eigenvalue weighted by molar-refractivity contribution is 0.0191. The van der Waals surface area contributed by atoms with Crippen LogP contribution in [0.15, 0.2) is 24.4 Å². The number of aromatic nitrogens is 2. The Kier molecular flexibility index (Phi) is 1.80. The first-order valence-corrected chi connectivity index (χ1v) is 4.29. The van der Waals surface area contributed by atoms with Gasteiger partial charge in [0.2, 0.25) is 0 Å². The van der Waals surface area contributed by atoms with E-state index >= 15 is 0 Å². The van der Waals surface area contributed by atoms with Crippen molar-refractivity contribution in [3.8, 4) is 0 Å². The summed E-state index contributed by atoms with van der Waals surface area (Å²) in [4.78, 5) is 0. The Morgan fingerprint density at radius 1 is 1.36 bits per heavy atom. The smallest absolute Gasteiger partial charge is 0.268 e. The molecule has 0 aliphatic carbocycles. The Labute approximate surface area is 80.1 Å². The molecule has 0 atom stereocenters. The van der Waals surface area contributed by atoms with Crippen molar-refractivity contribution >= 4 is 10.9 Å². The molecule has 1 aromatic heterocycles. The van der Waals surface area contributed by atoms with Crippen LogP contribution in [0.3, 0.4) is 0 Å². The minimum Gasteiger partial charge on any atom is -0.268 e. The van der Waals surface area contributed by atoms with Gasteiger partial charge in [0, 0.05) is 24.9 Å². The molecule has 1 heterocycles. The Hall–Kier alpha value is -1.45. The molecule has 0 saturated carbocycles. The van der Waals surface area contributed by atoms with Gasteiger partial charge in [0.05, 0.1) is 11.7 Å². The van der Waals surface area contributed by atoms with E-state index in [-0.39, 0.29) is 5.56 Å². The Bertz CT molecular complexity index is 468. The molecule has 0 aliphatic heterocycles. The number of hydrogen-bond acceptors (Lipinski definition) is 1. The number of fused-ring (bicyclic) bond motifs is 1. The van der Waals surface area contributed by atoms with E-state index in [2.05, 4.69) is 5.10 Å². The monoisotopic (exact) mass is 196 g/mol. The fourth-order valence-corrected chi connectivity index (χ4v) is 1.56. The Morgan fingerprint density at radius 2 is 2.07 bits per heavy atom. The van der Waals surface area contributed by atoms with Crippen molar-refractivity contribution in [2.45, 2.75) is 12.8 Å². The zero-order valence-electron chi connectivity index (χ0n) is 7.96. The van der Waals surface area contributed by atoms with Crippen LogP contribution in [0.1, 0.15) is 12.5 Å². The fraction of sp³-hybridized carbons (Fsp3) is 0.300. The third-order valence-corrected chi connectivity index (χ3v) is 2.26. The van der Waals surface area contributed by atoms with E-state index in [0.29, 0.717) is 5.39 Å². The van der Waals surface area contributed by atoms with Gasteiger partial charge in [0.25, 0.3) is 5.92 Å². The van der Waals surface area contributed by atoms with E-state index in [1.807, 2.05) is 0 Å². The van der Waals surface area contributed by atoms with E-state index in [0.717, 1.165) is 12.4 Å². The van der Waals surface area contributed by atoms with Crippen LogP contribution in [0.4, 0.5) is 8.78 Å². The lowest BCUT2D eigenvalue weighted by atomic mass is 10.1. The second-order valence-electron chi connectivity index (χ2n) is 3.39. The quantitative estimate of drug-likeness (QED) is 0.685. The molecular weight excluding hydrogens is 186 g/mol. The summed E-state index contributed by atoms with van der Waals surface area (Å²) < 4.78 is 27.9. The molecule has 74 valence electrons. The van der Waals surface area contributed by atoms with Crippen LogP contribution in [-0.4, -0.2) is 9.78 Å². The second kappa shape index (κ2) is 2.77. The van der Waals surface area contributed by atoms with Gasteiger partial charge in [-0.2, -0.15) is 5.10 Å². The zero-order chi connectivity index (χ0) is 10.3. The van der Waals surface area contributed by atoms with Gasteiger partial charge in [-0.3, -0.25) is 4.68 Å². The number of alkyl halides is 2. The first-order valence-electron chi connectivity index (χ1n) is 4.29. The summed E-state index contributed by atoms with van der Waals surface area (Å²) in [5.74, 6) is -2.82. The average molecular weight is 196 g/mol. The molecule has 0 spiro atoms. The van der Waals surface area contributed by atoms with Crippen molar-refractivity contribution in [2.75, 3.05) is 0 Å². The maximum Gasteiger partial charge on any atom is 0.271 e. The summed E-state index contributed by atoms with van der Waals surface area (Å²) in [6, 6.07) is 4.83. The normalized spacial score (nSPS) is 12.3. The van der Waals surface area contributed by atoms with Crippen LogP contribution in [0.5, 0.6) is 0 Å². The molecule has 0 unspecified atom stereocenters. The molecule has 1 aromatic carbocycles. The second-order valence-corrected chi connectivity index (χ2v) is 3.39. The van der Waals surface area contributed by atoms with Crippen LogP contribution >= 0.6 is 0 Å². The van der Waals surface area contributed by atoms with Crippen molar-refractivity contribution in [3.05, 3.63) is 30.0 Å². The minimum atomic E-state index is -2.82. The summed E-state index contributed by atoms with van der Waals surface area (Å²) in [6.45, 7) is 0.898. The van der Waals surface area contributed by atoms with Gasteiger partial charge in [-0.25, -0.2) is 8.78 Å². The summed E-state index contributed by atoms with van der Waals surface area (Å²) in [7, 11) is 1.74. The van der Waals surface area contributed by atoms with Gasteiger partial charge in [-0.05, 0) is 6.07 Å². The first-order chi connectivity index (χ1) is 6.50. The van der Waals surface area contributed by atoms with E-state index < -0.39 is 5.92 Å². The summed E-state index contributed by atoms with van der Waals surface area (Å²) >= 11 is 0. The highest BCUT2D eigenvalue weighted by atomic mass is 19.3. The lowest BCUT2D eigenvalue weighted by Crippen LogP contribution is -2.07. The molecule has 0 fully saturated rings. The Morgan fingerprint density at radius 3 is 2.71 bits per heavy atom. The van der Waals surface area contributed by atoms with E-state index in [1.165, 1.54) is 12.3 Å². The molecule has 2 rings (SSSR count). The van der Waals surface area contributed by atoms with Crippen molar-refractivity contribution in [2.24, 2.45) is 7.05 Å². The Balaban J connectivity index is 2.79. The van der Waals surface area contributed by atoms with Crippen LogP contribution in [0.25, 0.3) is 10.9 Å². The largest absolute Gasteiger partial charge is 0.271 e. The molecular formula is C10H10F2N2. The predicted octanol–water partition coefficient (Wildman–Crippen LogP) is 2.69. The number of benzene rings is 1. The van der Waals surface area contributed by atoms with E-state index in [1.54, 1.807) is 23.9 Å². The minimum absolute atomic E-state index is 0.0306. The number of aryl methyl sites for hydroxylation is 1. The predicted molar refractivity (Wildman–Crippen MR) is 50.3 cm³/mol. The number of rotatable bonds is 1. The molecule has 2 nitrogen and oxygen atoms in total. The summed E-state index contributed by atoms with van der Waals surface area (Å²) in [6.07, 6.45) is 1.47. The average Bonchev–Trinajstić information content (AvgIpc) is 2.46. The number of halogens is 2. The molecule has 0 aliphatic rings. The SMILES string of the molecule is Cn1ncc2c(C(C)(F)F)cccc21. The fourth-order valence-electron chi connectivity index (χ4n) is 1.56. The van der Waals surface area contributed by atoms with Gasteiger partial charge >= 0.3 is 0 Å². The molecule has 0 bridgehead atoms. The van der Waals surface area contributed by atoms with Gasteiger partial charge in [0.15, 0.2) is 0 Å². The van der Waals surface area contributed by atoms with Crippen LogP contribution in [0.2, 0.25) is 0 Å². The van der Waals surface area contributed by atoms with Crippen molar-refractivity contribution < 1.29 is 8.78 Å². The van der Waals surface area contributed by atoms with Crippen LogP contribution in [0, 0.1) is 0 Å². The molecule has 0 saturated heterocycles. The van der Waals surface area contributed by atoms with Crippen molar-refractivity contribution in [1.82, 2.24) is 9.78 Å². The van der Waals surface area contributed by atoms with Crippen molar-refractivity contribution in [1.29, 1.82) is 0 Å². The topological polar surface area (TPSA) is 17.8 Å². The highest BCUT2D eigenvalue weighted by Gasteiger charge is 2.27. The molecule has 0 radical (unpaired) electrons. The van der Waals surface area contributed by atoms with Crippen LogP contribution < -0.4 is 0 Å². The highest BCUT2D eigenvalue weighted by Crippen LogP contribution is 2.32. The van der Waals surface area contributed by atoms with Gasteiger partial charge in [-0.15, -0.1) is 0 Å². The molecule has 2 aromatic rings. The zero-order valence-corrected chi connectivity index (χ0v) is 7.96. The summed E-state index contributed by atoms with van der Waals surface area (Å²) in [5, 5.41) is 4.47. The van der Waals surface area contributed by atoms with Gasteiger partial charge < -0.3 is 0 Å². The standard InChI is InChI=1S/C10H10F2N2/c1-10(11,12)8-4-3-5-9-7(8)6-13-14(9)2/h3-6H,1-2H3. The number of nitrogens with zero attached hydrogens (tertiary/aromatic N) is 2. The maximum atomic E-state index is 13.2. The molecule has 14 heavy (non-hydrogen) atoms. The van der Waals surface area contributed by atoms with E-state index in [4.69, 9.17) is 0 Å². The van der Waals surface area contributed by atoms with Gasteiger partial charge in [-0.1, -0.05) is 12.1 Å². The number of hydrogen-bond donors (Lipinski definition) is 0. The molecule has 0 amide bonds. The van der Waals surface area contributed by atoms with Crippen LogP contribution in [-0.2, 0) is 13.0 Å². The first kappa shape index (κ1) is 9.12. The summed E-state index contributed by atoms with van der Waals surface area (Å²) in [5.41, 5.74) is 0.757. The van der Waals surface area contributed by atoms with Gasteiger partial charge in [0.1, 0.15) is 0 Å². The molecule has 4 heteroatoms. The van der Waals surface area contributed by atoms with E-state index in [9.17, 15) is 8.78 Å². The maximum absolute atomic E-state index is 13.2. The highest BCUT2D eigenvalue weighted by molar-refractivity contribution is 5.82. The lowest BCUT2D eigenvalue weighted by Gasteiger charge is -2.11.